The zero-order valence-electron chi connectivity index (χ0n) is 17.0. The number of rotatable bonds is 9. The molecule has 0 unspecified atom stereocenters. The van der Waals surface area contributed by atoms with Crippen LogP contribution in [0.15, 0.2) is 54.9 Å². The molecule has 158 valence electrons. The van der Waals surface area contributed by atoms with Crippen LogP contribution in [0.1, 0.15) is 23.6 Å². The van der Waals surface area contributed by atoms with Crippen LogP contribution in [0.4, 0.5) is 4.79 Å². The Hall–Kier alpha value is -3.19. The molecule has 1 heterocycles. The Bertz CT molecular complexity index is 977. The molecular weight excluding hydrogens is 404 g/mol. The third-order valence-corrected chi connectivity index (χ3v) is 4.66. The number of nitrogens with zero attached hydrogens (tertiary/aromatic N) is 2. The molecule has 2 N–H and O–H groups in total. The Balaban J connectivity index is 1.52. The lowest BCUT2D eigenvalue weighted by atomic mass is 10.1. The maximum Gasteiger partial charge on any atom is 0.315 e. The zero-order chi connectivity index (χ0) is 21.3. The van der Waals surface area contributed by atoms with E-state index in [0.29, 0.717) is 42.8 Å². The fraction of sp³-hybridized carbons (Fsp3) is 0.273. The lowest BCUT2D eigenvalue weighted by Crippen LogP contribution is -2.34. The number of hydrogen-bond acceptors (Lipinski definition) is 4. The van der Waals surface area contributed by atoms with Gasteiger partial charge in [0.1, 0.15) is 0 Å². The van der Waals surface area contributed by atoms with Crippen LogP contribution in [-0.4, -0.2) is 29.5 Å². The van der Waals surface area contributed by atoms with Crippen molar-refractivity contribution in [2.45, 2.75) is 26.6 Å². The number of aromatic nitrogens is 2. The lowest BCUT2D eigenvalue weighted by molar-refractivity contribution is 0.240. The van der Waals surface area contributed by atoms with E-state index in [-0.39, 0.29) is 6.03 Å². The SMILES string of the molecule is CCOc1c(Cl)cc(CNC(=O)NCc2cccc(Cn3cccn3)c2)cc1OC. The van der Waals surface area contributed by atoms with E-state index in [9.17, 15) is 4.79 Å². The third kappa shape index (κ3) is 5.90. The predicted molar refractivity (Wildman–Crippen MR) is 116 cm³/mol. The van der Waals surface area contributed by atoms with E-state index in [2.05, 4.69) is 21.8 Å². The van der Waals surface area contributed by atoms with E-state index in [1.165, 1.54) is 0 Å². The van der Waals surface area contributed by atoms with Gasteiger partial charge >= 0.3 is 6.03 Å². The fourth-order valence-electron chi connectivity index (χ4n) is 3.01. The molecule has 0 spiro atoms. The van der Waals surface area contributed by atoms with Crippen molar-refractivity contribution in [3.63, 3.8) is 0 Å². The minimum atomic E-state index is -0.267. The number of carbonyl (C=O) groups is 1. The smallest absolute Gasteiger partial charge is 0.315 e. The molecule has 0 aliphatic carbocycles. The first-order chi connectivity index (χ1) is 14.6. The van der Waals surface area contributed by atoms with Crippen LogP contribution in [0.3, 0.4) is 0 Å². The van der Waals surface area contributed by atoms with E-state index in [4.69, 9.17) is 21.1 Å². The molecule has 8 heteroatoms. The van der Waals surface area contributed by atoms with E-state index in [1.54, 1.807) is 25.4 Å². The topological polar surface area (TPSA) is 77.4 Å². The highest BCUT2D eigenvalue weighted by atomic mass is 35.5. The van der Waals surface area contributed by atoms with Crippen molar-refractivity contribution in [2.75, 3.05) is 13.7 Å². The molecule has 0 atom stereocenters. The van der Waals surface area contributed by atoms with Gasteiger partial charge < -0.3 is 20.1 Å². The third-order valence-electron chi connectivity index (χ3n) is 4.38. The standard InChI is InChI=1S/C22H25ClN4O3/c1-3-30-21-19(23)11-18(12-20(21)29-2)14-25-22(28)24-13-16-6-4-7-17(10-16)15-27-9-5-8-26-27/h4-12H,3,13-15H2,1-2H3,(H2,24,25,28). The molecule has 0 bridgehead atoms. The summed E-state index contributed by atoms with van der Waals surface area (Å²) >= 11 is 6.27. The van der Waals surface area contributed by atoms with Crippen molar-refractivity contribution in [1.29, 1.82) is 0 Å². The van der Waals surface area contributed by atoms with Crippen LogP contribution in [-0.2, 0) is 19.6 Å². The second kappa shape index (κ2) is 10.5. The maximum absolute atomic E-state index is 12.2. The number of halogens is 1. The molecular formula is C22H25ClN4O3. The van der Waals surface area contributed by atoms with E-state index < -0.39 is 0 Å². The number of hydrogen-bond donors (Lipinski definition) is 2. The second-order valence-corrected chi connectivity index (χ2v) is 7.01. The minimum absolute atomic E-state index is 0.267. The Morgan fingerprint density at radius 2 is 1.87 bits per heavy atom. The number of amides is 2. The summed E-state index contributed by atoms with van der Waals surface area (Å²) in [5.74, 6) is 1.04. The van der Waals surface area contributed by atoms with E-state index in [0.717, 1.165) is 16.7 Å². The van der Waals surface area contributed by atoms with Gasteiger partial charge in [0.15, 0.2) is 11.5 Å². The molecule has 0 aliphatic rings. The molecule has 30 heavy (non-hydrogen) atoms. The Morgan fingerprint density at radius 3 is 2.57 bits per heavy atom. The molecule has 1 aromatic heterocycles. The summed E-state index contributed by atoms with van der Waals surface area (Å²) in [7, 11) is 1.55. The highest BCUT2D eigenvalue weighted by Gasteiger charge is 2.12. The number of benzene rings is 2. The predicted octanol–water partition coefficient (Wildman–Crippen LogP) is 3.99. The van der Waals surface area contributed by atoms with Crippen LogP contribution in [0, 0.1) is 0 Å². The Labute approximate surface area is 180 Å². The molecule has 0 fully saturated rings. The summed E-state index contributed by atoms with van der Waals surface area (Å²) in [6.07, 6.45) is 3.67. The van der Waals surface area contributed by atoms with Crippen LogP contribution in [0.2, 0.25) is 5.02 Å². The van der Waals surface area contributed by atoms with Gasteiger partial charge in [0.25, 0.3) is 0 Å². The number of ether oxygens (including phenoxy) is 2. The monoisotopic (exact) mass is 428 g/mol. The van der Waals surface area contributed by atoms with Crippen LogP contribution >= 0.6 is 11.6 Å². The van der Waals surface area contributed by atoms with E-state index in [1.807, 2.05) is 42.1 Å². The number of urea groups is 1. The van der Waals surface area contributed by atoms with Crippen molar-refractivity contribution < 1.29 is 14.3 Å². The lowest BCUT2D eigenvalue weighted by Gasteiger charge is -2.14. The molecule has 2 amide bonds. The molecule has 2 aromatic carbocycles. The number of carbonyl (C=O) groups excluding carboxylic acids is 1. The van der Waals surface area contributed by atoms with Crippen molar-refractivity contribution in [1.82, 2.24) is 20.4 Å². The Kier molecular flexibility index (Phi) is 7.57. The number of nitrogens with one attached hydrogen (secondary N) is 2. The van der Waals surface area contributed by atoms with Crippen LogP contribution in [0.25, 0.3) is 0 Å². The first-order valence-corrected chi connectivity index (χ1v) is 10.0. The van der Waals surface area contributed by atoms with Gasteiger partial charge in [-0.2, -0.15) is 5.10 Å². The molecule has 7 nitrogen and oxygen atoms in total. The first-order valence-electron chi connectivity index (χ1n) is 9.65. The van der Waals surface area contributed by atoms with E-state index >= 15 is 0 Å². The van der Waals surface area contributed by atoms with Gasteiger partial charge in [-0.1, -0.05) is 35.9 Å². The normalized spacial score (nSPS) is 10.5. The summed E-state index contributed by atoms with van der Waals surface area (Å²) in [5.41, 5.74) is 2.95. The van der Waals surface area contributed by atoms with Gasteiger partial charge in [-0.25, -0.2) is 4.79 Å². The highest BCUT2D eigenvalue weighted by Crippen LogP contribution is 2.36. The Morgan fingerprint density at radius 1 is 1.10 bits per heavy atom. The van der Waals surface area contributed by atoms with Crippen molar-refractivity contribution >= 4 is 17.6 Å². The highest BCUT2D eigenvalue weighted by molar-refractivity contribution is 6.32. The second-order valence-electron chi connectivity index (χ2n) is 6.60. The molecule has 3 rings (SSSR count). The molecule has 0 radical (unpaired) electrons. The molecule has 0 aliphatic heterocycles. The van der Waals surface area contributed by atoms with Crippen LogP contribution in [0.5, 0.6) is 11.5 Å². The molecule has 0 saturated carbocycles. The van der Waals surface area contributed by atoms with Crippen molar-refractivity contribution in [2.24, 2.45) is 0 Å². The number of methoxy groups -OCH3 is 1. The van der Waals surface area contributed by atoms with Crippen molar-refractivity contribution in [3.8, 4) is 11.5 Å². The summed E-state index contributed by atoms with van der Waals surface area (Å²) < 4.78 is 12.7. The molecule has 0 saturated heterocycles. The van der Waals surface area contributed by atoms with Gasteiger partial charge in [-0.15, -0.1) is 0 Å². The molecule has 3 aromatic rings. The summed E-state index contributed by atoms with van der Waals surface area (Å²) in [6.45, 7) is 3.79. The average molecular weight is 429 g/mol. The van der Waals surface area contributed by atoms with Gasteiger partial charge in [-0.05, 0) is 41.8 Å². The quantitative estimate of drug-likeness (QED) is 0.540. The van der Waals surface area contributed by atoms with Gasteiger partial charge in [0, 0.05) is 25.5 Å². The fourth-order valence-corrected chi connectivity index (χ4v) is 3.29. The zero-order valence-corrected chi connectivity index (χ0v) is 17.8. The van der Waals surface area contributed by atoms with Crippen LogP contribution < -0.4 is 20.1 Å². The summed E-state index contributed by atoms with van der Waals surface area (Å²) in [4.78, 5) is 12.2. The van der Waals surface area contributed by atoms with Gasteiger partial charge in [0.05, 0.1) is 25.3 Å². The van der Waals surface area contributed by atoms with Gasteiger partial charge in [0.2, 0.25) is 0 Å². The average Bonchev–Trinajstić information content (AvgIpc) is 3.25. The minimum Gasteiger partial charge on any atom is -0.493 e. The maximum atomic E-state index is 12.2. The summed E-state index contributed by atoms with van der Waals surface area (Å²) in [6, 6.07) is 13.2. The van der Waals surface area contributed by atoms with Crippen molar-refractivity contribution in [3.05, 3.63) is 76.6 Å². The largest absolute Gasteiger partial charge is 0.493 e. The summed E-state index contributed by atoms with van der Waals surface area (Å²) in [5, 5.41) is 10.4. The van der Waals surface area contributed by atoms with Gasteiger partial charge in [-0.3, -0.25) is 4.68 Å². The first kappa shape index (κ1) is 21.5.